The fourth-order valence-corrected chi connectivity index (χ4v) is 1.90. The second-order valence-electron chi connectivity index (χ2n) is 4.88. The summed E-state index contributed by atoms with van der Waals surface area (Å²) in [7, 11) is 0. The summed E-state index contributed by atoms with van der Waals surface area (Å²) in [4.78, 5) is 25.4. The summed E-state index contributed by atoms with van der Waals surface area (Å²) in [5.41, 5.74) is 1.13. The molecule has 1 aromatic rings. The van der Waals surface area contributed by atoms with E-state index in [1.165, 1.54) is 4.90 Å². The number of nitrogens with zero attached hydrogens (tertiary/aromatic N) is 1. The summed E-state index contributed by atoms with van der Waals surface area (Å²) >= 11 is 0. The van der Waals surface area contributed by atoms with Gasteiger partial charge in [0.15, 0.2) is 6.10 Å². The lowest BCUT2D eigenvalue weighted by Gasteiger charge is -2.24. The number of carbonyl (C=O) groups excluding carboxylic acids is 2. The van der Waals surface area contributed by atoms with Gasteiger partial charge in [-0.15, -0.1) is 0 Å². The van der Waals surface area contributed by atoms with Crippen LogP contribution in [0.4, 0.5) is 0 Å². The molecule has 1 rings (SSSR count). The number of benzene rings is 1. The van der Waals surface area contributed by atoms with Crippen molar-refractivity contribution in [2.24, 2.45) is 0 Å². The third kappa shape index (κ3) is 5.45. The van der Waals surface area contributed by atoms with E-state index in [-0.39, 0.29) is 18.4 Å². The molecule has 1 atom stereocenters. The van der Waals surface area contributed by atoms with E-state index in [2.05, 4.69) is 5.32 Å². The van der Waals surface area contributed by atoms with Gasteiger partial charge in [-0.3, -0.25) is 9.59 Å². The van der Waals surface area contributed by atoms with E-state index in [9.17, 15) is 9.59 Å². The first-order valence-corrected chi connectivity index (χ1v) is 7.26. The lowest BCUT2D eigenvalue weighted by atomic mass is 10.2. The minimum absolute atomic E-state index is 0.0603. The SMILES string of the molecule is CCNC(=O)CN(CC)C(=O)C(C)Oc1ccc(C)cc1. The van der Waals surface area contributed by atoms with Gasteiger partial charge in [-0.1, -0.05) is 17.7 Å². The number of hydrogen-bond donors (Lipinski definition) is 1. The topological polar surface area (TPSA) is 58.6 Å². The number of rotatable bonds is 7. The molecule has 2 amide bonds. The molecule has 0 aliphatic rings. The van der Waals surface area contributed by atoms with Crippen LogP contribution in [0.5, 0.6) is 5.75 Å². The van der Waals surface area contributed by atoms with Gasteiger partial charge in [0.25, 0.3) is 5.91 Å². The van der Waals surface area contributed by atoms with E-state index in [0.29, 0.717) is 18.8 Å². The molecule has 5 nitrogen and oxygen atoms in total. The molecule has 21 heavy (non-hydrogen) atoms. The van der Waals surface area contributed by atoms with E-state index in [4.69, 9.17) is 4.74 Å². The highest BCUT2D eigenvalue weighted by molar-refractivity contribution is 5.86. The van der Waals surface area contributed by atoms with Crippen LogP contribution in [0, 0.1) is 6.92 Å². The Balaban J connectivity index is 2.62. The van der Waals surface area contributed by atoms with Crippen molar-refractivity contribution < 1.29 is 14.3 Å². The Hall–Kier alpha value is -2.04. The molecule has 0 aromatic heterocycles. The highest BCUT2D eigenvalue weighted by atomic mass is 16.5. The smallest absolute Gasteiger partial charge is 0.263 e. The fraction of sp³-hybridized carbons (Fsp3) is 0.500. The first-order valence-electron chi connectivity index (χ1n) is 7.26. The zero-order valence-corrected chi connectivity index (χ0v) is 13.2. The Kier molecular flexibility index (Phi) is 6.72. The summed E-state index contributed by atoms with van der Waals surface area (Å²) in [6, 6.07) is 7.52. The molecule has 0 heterocycles. The van der Waals surface area contributed by atoms with Crippen molar-refractivity contribution in [3.8, 4) is 5.75 Å². The van der Waals surface area contributed by atoms with Gasteiger partial charge >= 0.3 is 0 Å². The average molecular weight is 292 g/mol. The van der Waals surface area contributed by atoms with E-state index in [1.54, 1.807) is 6.92 Å². The Bertz CT molecular complexity index is 471. The highest BCUT2D eigenvalue weighted by Gasteiger charge is 2.22. The van der Waals surface area contributed by atoms with Crippen molar-refractivity contribution in [1.82, 2.24) is 10.2 Å². The van der Waals surface area contributed by atoms with Crippen molar-refractivity contribution in [2.75, 3.05) is 19.6 Å². The number of likely N-dealkylation sites (N-methyl/N-ethyl adjacent to an activating group) is 2. The lowest BCUT2D eigenvalue weighted by molar-refractivity contribution is -0.141. The number of aryl methyl sites for hydroxylation is 1. The van der Waals surface area contributed by atoms with Crippen molar-refractivity contribution >= 4 is 11.8 Å². The quantitative estimate of drug-likeness (QED) is 0.833. The van der Waals surface area contributed by atoms with E-state index < -0.39 is 6.10 Å². The standard InChI is InChI=1S/C16H24N2O3/c1-5-17-15(19)11-18(6-2)16(20)13(4)21-14-9-7-12(3)8-10-14/h7-10,13H,5-6,11H2,1-4H3,(H,17,19). The minimum Gasteiger partial charge on any atom is -0.481 e. The van der Waals surface area contributed by atoms with E-state index >= 15 is 0 Å². The molecule has 0 saturated carbocycles. The number of amides is 2. The maximum absolute atomic E-state index is 12.3. The van der Waals surface area contributed by atoms with Gasteiger partial charge in [-0.25, -0.2) is 0 Å². The predicted octanol–water partition coefficient (Wildman–Crippen LogP) is 1.75. The Morgan fingerprint density at radius 2 is 1.86 bits per heavy atom. The van der Waals surface area contributed by atoms with E-state index in [0.717, 1.165) is 5.56 Å². The molecule has 0 radical (unpaired) electrons. The molecule has 1 aromatic carbocycles. The molecule has 1 N–H and O–H groups in total. The number of hydrogen-bond acceptors (Lipinski definition) is 3. The van der Waals surface area contributed by atoms with Crippen LogP contribution < -0.4 is 10.1 Å². The van der Waals surface area contributed by atoms with Crippen LogP contribution in [-0.4, -0.2) is 42.5 Å². The molecular weight excluding hydrogens is 268 g/mol. The predicted molar refractivity (Wildman–Crippen MR) is 82.2 cm³/mol. The van der Waals surface area contributed by atoms with Gasteiger partial charge in [0, 0.05) is 13.1 Å². The summed E-state index contributed by atoms with van der Waals surface area (Å²) in [5.74, 6) is 0.301. The normalized spacial score (nSPS) is 11.6. The third-order valence-electron chi connectivity index (χ3n) is 3.08. The Morgan fingerprint density at radius 3 is 2.38 bits per heavy atom. The molecular formula is C16H24N2O3. The zero-order valence-electron chi connectivity index (χ0n) is 13.2. The average Bonchev–Trinajstić information content (AvgIpc) is 2.46. The molecule has 0 spiro atoms. The van der Waals surface area contributed by atoms with Crippen LogP contribution in [0.25, 0.3) is 0 Å². The second-order valence-corrected chi connectivity index (χ2v) is 4.88. The van der Waals surface area contributed by atoms with Crippen LogP contribution in [0.3, 0.4) is 0 Å². The number of ether oxygens (including phenoxy) is 1. The highest BCUT2D eigenvalue weighted by Crippen LogP contribution is 2.14. The molecule has 1 unspecified atom stereocenters. The Morgan fingerprint density at radius 1 is 1.24 bits per heavy atom. The van der Waals surface area contributed by atoms with Gasteiger partial charge in [-0.2, -0.15) is 0 Å². The van der Waals surface area contributed by atoms with Crippen LogP contribution in [0.15, 0.2) is 24.3 Å². The van der Waals surface area contributed by atoms with Crippen molar-refractivity contribution in [3.63, 3.8) is 0 Å². The molecule has 0 aliphatic carbocycles. The lowest BCUT2D eigenvalue weighted by Crippen LogP contribution is -2.45. The summed E-state index contributed by atoms with van der Waals surface area (Å²) in [5, 5.41) is 2.69. The molecule has 0 bridgehead atoms. The van der Waals surface area contributed by atoms with Crippen LogP contribution in [0.2, 0.25) is 0 Å². The minimum atomic E-state index is -0.623. The first-order chi connectivity index (χ1) is 9.97. The maximum atomic E-state index is 12.3. The summed E-state index contributed by atoms with van der Waals surface area (Å²) < 4.78 is 5.63. The van der Waals surface area contributed by atoms with Crippen LogP contribution in [0.1, 0.15) is 26.3 Å². The number of nitrogens with one attached hydrogen (secondary N) is 1. The van der Waals surface area contributed by atoms with Crippen LogP contribution in [-0.2, 0) is 9.59 Å². The molecule has 0 saturated heterocycles. The largest absolute Gasteiger partial charge is 0.481 e. The molecule has 116 valence electrons. The number of carbonyl (C=O) groups is 2. The van der Waals surface area contributed by atoms with Gasteiger partial charge in [-0.05, 0) is 39.8 Å². The Labute approximate surface area is 126 Å². The van der Waals surface area contributed by atoms with E-state index in [1.807, 2.05) is 45.0 Å². The third-order valence-corrected chi connectivity index (χ3v) is 3.08. The van der Waals surface area contributed by atoms with Gasteiger partial charge < -0.3 is 15.0 Å². The summed E-state index contributed by atoms with van der Waals surface area (Å²) in [6.07, 6.45) is -0.623. The second kappa shape index (κ2) is 8.29. The van der Waals surface area contributed by atoms with Crippen molar-refractivity contribution in [1.29, 1.82) is 0 Å². The molecule has 0 aliphatic heterocycles. The van der Waals surface area contributed by atoms with Gasteiger partial charge in [0.1, 0.15) is 5.75 Å². The fourth-order valence-electron chi connectivity index (χ4n) is 1.90. The molecule has 5 heteroatoms. The maximum Gasteiger partial charge on any atom is 0.263 e. The molecule has 0 fully saturated rings. The zero-order chi connectivity index (χ0) is 15.8. The summed E-state index contributed by atoms with van der Waals surface area (Å²) in [6.45, 7) is 8.46. The first kappa shape index (κ1) is 17.0. The van der Waals surface area contributed by atoms with Crippen molar-refractivity contribution in [2.45, 2.75) is 33.8 Å². The van der Waals surface area contributed by atoms with Crippen molar-refractivity contribution in [3.05, 3.63) is 29.8 Å². The monoisotopic (exact) mass is 292 g/mol. The van der Waals surface area contributed by atoms with Gasteiger partial charge in [0.05, 0.1) is 6.54 Å². The van der Waals surface area contributed by atoms with Crippen LogP contribution >= 0.6 is 0 Å². The van der Waals surface area contributed by atoms with Gasteiger partial charge in [0.2, 0.25) is 5.91 Å².